The summed E-state index contributed by atoms with van der Waals surface area (Å²) < 4.78 is 0. The molecule has 0 aliphatic rings. The Hall–Kier alpha value is -2.95. The second-order valence-electron chi connectivity index (χ2n) is 4.23. The Bertz CT molecular complexity index is 772. The summed E-state index contributed by atoms with van der Waals surface area (Å²) in [6.07, 6.45) is 1.52. The summed E-state index contributed by atoms with van der Waals surface area (Å²) in [5.41, 5.74) is 1.67. The number of carbonyl (C=O) groups is 1. The molecule has 3 aromatic rings. The van der Waals surface area contributed by atoms with Gasteiger partial charge in [0.25, 0.3) is 0 Å². The van der Waals surface area contributed by atoms with E-state index in [1.807, 2.05) is 30.3 Å². The summed E-state index contributed by atoms with van der Waals surface area (Å²) in [5, 5.41) is 12.7. The Morgan fingerprint density at radius 2 is 1.85 bits per heavy atom. The van der Waals surface area contributed by atoms with Gasteiger partial charge in [-0.3, -0.25) is 0 Å². The first kappa shape index (κ1) is 12.1. The summed E-state index contributed by atoms with van der Waals surface area (Å²) in [7, 11) is 0. The molecule has 0 amide bonds. The number of aromatic nitrogens is 2. The van der Waals surface area contributed by atoms with Crippen LogP contribution in [-0.4, -0.2) is 21.0 Å². The first-order valence-electron chi connectivity index (χ1n) is 6.05. The molecule has 1 heterocycles. The van der Waals surface area contributed by atoms with Crippen LogP contribution >= 0.6 is 0 Å². The molecule has 0 bridgehead atoms. The van der Waals surface area contributed by atoms with Crippen LogP contribution in [0.25, 0.3) is 10.9 Å². The molecule has 0 atom stereocenters. The van der Waals surface area contributed by atoms with Gasteiger partial charge in [-0.05, 0) is 24.3 Å². The van der Waals surface area contributed by atoms with Crippen molar-refractivity contribution in [3.63, 3.8) is 0 Å². The Labute approximate surface area is 114 Å². The largest absolute Gasteiger partial charge is 0.478 e. The summed E-state index contributed by atoms with van der Waals surface area (Å²) in [6, 6.07) is 14.5. The third-order valence-electron chi connectivity index (χ3n) is 2.89. The number of nitrogens with zero attached hydrogens (tertiary/aromatic N) is 2. The second kappa shape index (κ2) is 4.97. The number of fused-ring (bicyclic) bond motifs is 1. The first-order valence-corrected chi connectivity index (χ1v) is 6.05. The average Bonchev–Trinajstić information content (AvgIpc) is 2.47. The molecule has 2 aromatic carbocycles. The zero-order chi connectivity index (χ0) is 13.9. The molecule has 0 aliphatic carbocycles. The number of benzene rings is 2. The van der Waals surface area contributed by atoms with Crippen molar-refractivity contribution in [3.8, 4) is 0 Å². The first-order chi connectivity index (χ1) is 9.74. The van der Waals surface area contributed by atoms with Crippen molar-refractivity contribution in [2.75, 3.05) is 5.32 Å². The molecule has 5 heteroatoms. The van der Waals surface area contributed by atoms with Crippen LogP contribution < -0.4 is 5.32 Å². The fourth-order valence-electron chi connectivity index (χ4n) is 1.95. The van der Waals surface area contributed by atoms with Gasteiger partial charge in [0, 0.05) is 17.3 Å². The quantitative estimate of drug-likeness (QED) is 0.761. The normalized spacial score (nSPS) is 10.4. The minimum absolute atomic E-state index is 0.203. The fourth-order valence-corrected chi connectivity index (χ4v) is 1.95. The van der Waals surface area contributed by atoms with Crippen LogP contribution in [0.4, 0.5) is 11.6 Å². The lowest BCUT2D eigenvalue weighted by atomic mass is 10.1. The van der Waals surface area contributed by atoms with Crippen LogP contribution in [0, 0.1) is 0 Å². The Morgan fingerprint density at radius 3 is 2.60 bits per heavy atom. The number of aromatic carboxylic acids is 1. The van der Waals surface area contributed by atoms with Crippen molar-refractivity contribution in [1.29, 1.82) is 0 Å². The lowest BCUT2D eigenvalue weighted by Gasteiger charge is -2.06. The molecule has 3 rings (SSSR count). The lowest BCUT2D eigenvalue weighted by molar-refractivity contribution is 0.0699. The van der Waals surface area contributed by atoms with Crippen molar-refractivity contribution in [2.45, 2.75) is 0 Å². The number of anilines is 2. The van der Waals surface area contributed by atoms with Gasteiger partial charge < -0.3 is 10.4 Å². The van der Waals surface area contributed by atoms with Crippen LogP contribution in [0.2, 0.25) is 0 Å². The molecule has 0 fully saturated rings. The summed E-state index contributed by atoms with van der Waals surface area (Å²) in [5.74, 6) is -0.547. The molecule has 0 aliphatic heterocycles. The van der Waals surface area contributed by atoms with Gasteiger partial charge in [-0.15, -0.1) is 0 Å². The van der Waals surface area contributed by atoms with Crippen molar-refractivity contribution in [1.82, 2.24) is 9.97 Å². The van der Waals surface area contributed by atoms with Gasteiger partial charge in [0.05, 0.1) is 11.1 Å². The van der Waals surface area contributed by atoms with E-state index in [0.29, 0.717) is 16.9 Å². The Morgan fingerprint density at radius 1 is 1.05 bits per heavy atom. The van der Waals surface area contributed by atoms with E-state index in [9.17, 15) is 4.79 Å². The third-order valence-corrected chi connectivity index (χ3v) is 2.89. The molecule has 0 spiro atoms. The molecule has 1 aromatic heterocycles. The molecular formula is C15H11N3O2. The molecule has 0 saturated carbocycles. The van der Waals surface area contributed by atoms with Gasteiger partial charge in [0.2, 0.25) is 5.95 Å². The zero-order valence-electron chi connectivity index (χ0n) is 10.4. The van der Waals surface area contributed by atoms with Crippen LogP contribution in [0.1, 0.15) is 10.4 Å². The van der Waals surface area contributed by atoms with Crippen LogP contribution in [0.3, 0.4) is 0 Å². The van der Waals surface area contributed by atoms with E-state index in [1.54, 1.807) is 18.2 Å². The Kier molecular flexibility index (Phi) is 3.01. The monoisotopic (exact) mass is 265 g/mol. The van der Waals surface area contributed by atoms with E-state index in [4.69, 9.17) is 5.11 Å². The number of hydrogen-bond acceptors (Lipinski definition) is 4. The average molecular weight is 265 g/mol. The molecule has 0 radical (unpaired) electrons. The smallest absolute Gasteiger partial charge is 0.336 e. The predicted molar refractivity (Wildman–Crippen MR) is 76.2 cm³/mol. The Balaban J connectivity index is 2.01. The SMILES string of the molecule is O=C(O)c1cccc2nc(Nc3ccccc3)ncc12. The number of rotatable bonds is 3. The molecular weight excluding hydrogens is 254 g/mol. The maximum absolute atomic E-state index is 11.1. The van der Waals surface area contributed by atoms with E-state index >= 15 is 0 Å². The van der Waals surface area contributed by atoms with E-state index in [1.165, 1.54) is 6.20 Å². The van der Waals surface area contributed by atoms with Gasteiger partial charge in [0.1, 0.15) is 0 Å². The van der Waals surface area contributed by atoms with Crippen LogP contribution in [-0.2, 0) is 0 Å². The fraction of sp³-hybridized carbons (Fsp3) is 0. The van der Waals surface area contributed by atoms with Crippen molar-refractivity contribution < 1.29 is 9.90 Å². The molecule has 20 heavy (non-hydrogen) atoms. The highest BCUT2D eigenvalue weighted by molar-refractivity contribution is 6.02. The molecule has 0 unspecified atom stereocenters. The topological polar surface area (TPSA) is 75.1 Å². The van der Waals surface area contributed by atoms with Gasteiger partial charge in [-0.1, -0.05) is 24.3 Å². The molecule has 98 valence electrons. The van der Waals surface area contributed by atoms with Crippen LogP contribution in [0.15, 0.2) is 54.7 Å². The number of para-hydroxylation sites is 1. The standard InChI is InChI=1S/C15H11N3O2/c19-14(20)11-7-4-8-13-12(11)9-16-15(18-13)17-10-5-2-1-3-6-10/h1-9H,(H,19,20)(H,16,17,18). The van der Waals surface area contributed by atoms with E-state index in [0.717, 1.165) is 5.69 Å². The summed E-state index contributed by atoms with van der Waals surface area (Å²) >= 11 is 0. The molecule has 5 nitrogen and oxygen atoms in total. The van der Waals surface area contributed by atoms with Gasteiger partial charge in [0.15, 0.2) is 0 Å². The van der Waals surface area contributed by atoms with E-state index in [-0.39, 0.29) is 5.56 Å². The van der Waals surface area contributed by atoms with Crippen LogP contribution in [0.5, 0.6) is 0 Å². The highest BCUT2D eigenvalue weighted by Crippen LogP contribution is 2.19. The van der Waals surface area contributed by atoms with Crippen molar-refractivity contribution in [3.05, 3.63) is 60.3 Å². The summed E-state index contributed by atoms with van der Waals surface area (Å²) in [4.78, 5) is 19.6. The number of nitrogens with one attached hydrogen (secondary N) is 1. The molecule has 2 N–H and O–H groups in total. The molecule has 0 saturated heterocycles. The highest BCUT2D eigenvalue weighted by atomic mass is 16.4. The van der Waals surface area contributed by atoms with Gasteiger partial charge in [-0.2, -0.15) is 0 Å². The maximum atomic E-state index is 11.1. The number of carboxylic acids is 1. The minimum atomic E-state index is -0.983. The third kappa shape index (κ3) is 2.29. The number of hydrogen-bond donors (Lipinski definition) is 2. The second-order valence-corrected chi connectivity index (χ2v) is 4.23. The van der Waals surface area contributed by atoms with E-state index in [2.05, 4.69) is 15.3 Å². The van der Waals surface area contributed by atoms with Crippen molar-refractivity contribution >= 4 is 28.5 Å². The van der Waals surface area contributed by atoms with Crippen molar-refractivity contribution in [2.24, 2.45) is 0 Å². The van der Waals surface area contributed by atoms with Gasteiger partial charge >= 0.3 is 5.97 Å². The lowest BCUT2D eigenvalue weighted by Crippen LogP contribution is -2.01. The predicted octanol–water partition coefficient (Wildman–Crippen LogP) is 3.07. The highest BCUT2D eigenvalue weighted by Gasteiger charge is 2.09. The minimum Gasteiger partial charge on any atom is -0.478 e. The summed E-state index contributed by atoms with van der Waals surface area (Å²) in [6.45, 7) is 0. The number of carboxylic acid groups (broad SMARTS) is 1. The van der Waals surface area contributed by atoms with Gasteiger partial charge in [-0.25, -0.2) is 14.8 Å². The zero-order valence-corrected chi connectivity index (χ0v) is 10.4. The maximum Gasteiger partial charge on any atom is 0.336 e. The van der Waals surface area contributed by atoms with E-state index < -0.39 is 5.97 Å².